The average molecular weight is 1260 g/mol. The third kappa shape index (κ3) is 18.3. The van der Waals surface area contributed by atoms with E-state index in [1.54, 1.807) is 87.7 Å². The quantitative estimate of drug-likeness (QED) is 0.0263. The summed E-state index contributed by atoms with van der Waals surface area (Å²) in [4.78, 5) is 51.2. The van der Waals surface area contributed by atoms with Crippen molar-refractivity contribution in [2.45, 2.75) is 122 Å². The Bertz CT molecular complexity index is 3640. The maximum absolute atomic E-state index is 13.7. The number of alkyl halides is 6. The van der Waals surface area contributed by atoms with Gasteiger partial charge in [0.1, 0.15) is 0 Å². The van der Waals surface area contributed by atoms with Gasteiger partial charge in [0.2, 0.25) is 0 Å². The molecule has 6 aromatic carbocycles. The van der Waals surface area contributed by atoms with Gasteiger partial charge < -0.3 is 39.4 Å². The number of unbranched alkanes of at least 4 members (excludes halogenated alkanes) is 6. The number of carboxylic acid groups (broad SMARTS) is 1. The topological polar surface area (TPSA) is 138 Å². The monoisotopic (exact) mass is 1250 g/mol. The number of amides is 2. The smallest absolute Gasteiger partial charge is 0.416 e. The predicted molar refractivity (Wildman–Crippen MR) is 337 cm³/mol. The Balaban J connectivity index is 0.000000251. The SMILES string of the molecule is CCCCCCC(Nc1ccc(C(=O)N(C)CCC(=O)O)cc1)c1cc2cc(Cl)ccc2n1-c1cccc(C(F)(F)F)c1.CCCCCCC(Nc1ccc(C(=O)N(C)CCC(=O)OCC)cc1)c1cc2cc(Cl)ccc2n1-c1cccc(C(F)(F)F)c1. The minimum absolute atomic E-state index is 0.0953. The van der Waals surface area contributed by atoms with Gasteiger partial charge in [-0.25, -0.2) is 0 Å². The van der Waals surface area contributed by atoms with Crippen molar-refractivity contribution in [2.24, 2.45) is 0 Å². The number of rotatable bonds is 27. The number of fused-ring (bicyclic) bond motifs is 2. The molecule has 2 aromatic heterocycles. The van der Waals surface area contributed by atoms with Crippen LogP contribution < -0.4 is 10.6 Å². The first-order valence-corrected chi connectivity index (χ1v) is 30.3. The molecule has 20 heteroatoms. The highest BCUT2D eigenvalue weighted by atomic mass is 35.5. The summed E-state index contributed by atoms with van der Waals surface area (Å²) in [6.07, 6.45) is 0.616. The van der Waals surface area contributed by atoms with Crippen LogP contribution in [-0.2, 0) is 26.7 Å². The Hall–Kier alpha value is -7.96. The molecule has 2 heterocycles. The van der Waals surface area contributed by atoms with Crippen LogP contribution in [-0.4, -0.2) is 81.6 Å². The van der Waals surface area contributed by atoms with E-state index in [9.17, 15) is 45.5 Å². The lowest BCUT2D eigenvalue weighted by Crippen LogP contribution is -2.29. The standard InChI is InChI=1S/C35H39ClF3N3O3.C33H35ClF3N3O3/c1-4-6-7-8-12-30(40-28-16-13-24(14-17-28)34(44)41(3)20-19-33(43)45-5-2)32-22-25-21-27(36)15-18-31(25)42(32)29-11-9-10-26(23-29)35(37,38)39;1-3-4-5-6-10-28(38-26-14-11-22(12-15-26)32(43)39(2)18-17-31(41)42)30-20-23-19-25(34)13-16-29(23)40(30)27-9-7-8-24(21-27)33(35,36)37/h9-11,13-18,21-23,30,40H,4-8,12,19-20H2,1-3H3;7-9,11-16,19-21,28,38H,3-6,10,17-18H2,1-2H3,(H,41,42). The number of carbonyl (C=O) groups is 4. The molecule has 0 radical (unpaired) electrons. The molecule has 0 fully saturated rings. The maximum Gasteiger partial charge on any atom is 0.416 e. The Morgan fingerprint density at radius 2 is 0.943 bits per heavy atom. The second-order valence-electron chi connectivity index (χ2n) is 21.7. The molecule has 3 N–H and O–H groups in total. The van der Waals surface area contributed by atoms with Crippen LogP contribution in [0.25, 0.3) is 33.2 Å². The van der Waals surface area contributed by atoms with Gasteiger partial charge in [0.15, 0.2) is 0 Å². The molecule has 12 nitrogen and oxygen atoms in total. The van der Waals surface area contributed by atoms with Crippen molar-refractivity contribution < 1.29 is 55.4 Å². The van der Waals surface area contributed by atoms with Gasteiger partial charge in [0.05, 0.1) is 53.7 Å². The van der Waals surface area contributed by atoms with Gasteiger partial charge in [-0.2, -0.15) is 26.3 Å². The fourth-order valence-electron chi connectivity index (χ4n) is 10.5. The van der Waals surface area contributed by atoms with Gasteiger partial charge in [-0.15, -0.1) is 0 Å². The van der Waals surface area contributed by atoms with Gasteiger partial charge in [0.25, 0.3) is 11.8 Å². The number of aromatic nitrogens is 2. The van der Waals surface area contributed by atoms with Crippen LogP contribution in [0.2, 0.25) is 10.0 Å². The van der Waals surface area contributed by atoms with E-state index in [-0.39, 0.29) is 55.8 Å². The molecule has 0 aliphatic heterocycles. The summed E-state index contributed by atoms with van der Waals surface area (Å²) in [6, 6.07) is 38.8. The van der Waals surface area contributed by atoms with Crippen molar-refractivity contribution in [1.29, 1.82) is 0 Å². The van der Waals surface area contributed by atoms with E-state index in [2.05, 4.69) is 24.5 Å². The Labute approximate surface area is 519 Å². The van der Waals surface area contributed by atoms with Crippen LogP contribution in [0.1, 0.15) is 153 Å². The Morgan fingerprint density at radius 1 is 0.534 bits per heavy atom. The zero-order valence-electron chi connectivity index (χ0n) is 49.9. The number of carboxylic acids is 1. The van der Waals surface area contributed by atoms with Crippen LogP contribution in [0.4, 0.5) is 37.7 Å². The van der Waals surface area contributed by atoms with Crippen molar-refractivity contribution in [3.05, 3.63) is 189 Å². The molecule has 0 aliphatic rings. The van der Waals surface area contributed by atoms with Crippen LogP contribution >= 0.6 is 23.2 Å². The molecular weight excluding hydrogens is 1180 g/mol. The fourth-order valence-corrected chi connectivity index (χ4v) is 10.9. The molecule has 0 bridgehead atoms. The lowest BCUT2D eigenvalue weighted by molar-refractivity contribution is -0.143. The van der Waals surface area contributed by atoms with Crippen molar-refractivity contribution in [2.75, 3.05) is 44.4 Å². The first kappa shape index (κ1) is 67.5. The summed E-state index contributed by atoms with van der Waals surface area (Å²) >= 11 is 12.6. The predicted octanol–water partition coefficient (Wildman–Crippen LogP) is 18.4. The highest BCUT2D eigenvalue weighted by molar-refractivity contribution is 6.31. The van der Waals surface area contributed by atoms with E-state index in [1.807, 2.05) is 51.6 Å². The number of carbonyl (C=O) groups excluding carboxylic acids is 3. The third-order valence-electron chi connectivity index (χ3n) is 15.1. The normalized spacial score (nSPS) is 12.3. The molecule has 8 aromatic rings. The van der Waals surface area contributed by atoms with Gasteiger partial charge in [-0.1, -0.05) is 101 Å². The number of esters is 1. The van der Waals surface area contributed by atoms with E-state index in [0.717, 1.165) is 127 Å². The lowest BCUT2D eigenvalue weighted by atomic mass is 10.0. The molecule has 88 heavy (non-hydrogen) atoms. The third-order valence-corrected chi connectivity index (χ3v) is 15.6. The van der Waals surface area contributed by atoms with E-state index >= 15 is 0 Å². The number of nitrogens with one attached hydrogen (secondary N) is 2. The zero-order chi connectivity index (χ0) is 63.7. The van der Waals surface area contributed by atoms with Crippen molar-refractivity contribution in [3.63, 3.8) is 0 Å². The second kappa shape index (κ2) is 31.3. The fraction of sp³-hybridized carbons (Fsp3) is 0.353. The number of halogens is 8. The molecule has 2 unspecified atom stereocenters. The highest BCUT2D eigenvalue weighted by Gasteiger charge is 2.33. The van der Waals surface area contributed by atoms with E-state index in [1.165, 1.54) is 28.0 Å². The van der Waals surface area contributed by atoms with Crippen molar-refractivity contribution >= 4 is 80.1 Å². The van der Waals surface area contributed by atoms with E-state index in [0.29, 0.717) is 39.2 Å². The Morgan fingerprint density at radius 3 is 1.32 bits per heavy atom. The second-order valence-corrected chi connectivity index (χ2v) is 22.6. The summed E-state index contributed by atoms with van der Waals surface area (Å²) in [6.45, 7) is 6.63. The van der Waals surface area contributed by atoms with E-state index in [4.69, 9.17) is 33.0 Å². The van der Waals surface area contributed by atoms with Gasteiger partial charge in [-0.05, 0) is 153 Å². The molecule has 2 amide bonds. The van der Waals surface area contributed by atoms with Gasteiger partial charge >= 0.3 is 24.3 Å². The first-order chi connectivity index (χ1) is 42.0. The van der Waals surface area contributed by atoms with Crippen LogP contribution in [0.5, 0.6) is 0 Å². The number of ether oxygens (including phenoxy) is 1. The first-order valence-electron chi connectivity index (χ1n) is 29.6. The summed E-state index contributed by atoms with van der Waals surface area (Å²) in [5.41, 5.74) is 4.84. The lowest BCUT2D eigenvalue weighted by Gasteiger charge is -2.24. The summed E-state index contributed by atoms with van der Waals surface area (Å²) < 4.78 is 90.9. The number of aliphatic carboxylic acids is 1. The summed E-state index contributed by atoms with van der Waals surface area (Å²) in [5, 5.41) is 18.8. The Kier molecular flexibility index (Phi) is 24.0. The van der Waals surface area contributed by atoms with Crippen LogP contribution in [0.15, 0.2) is 146 Å². The van der Waals surface area contributed by atoms with Gasteiger partial charge in [-0.3, -0.25) is 19.2 Å². The molecule has 8 rings (SSSR count). The van der Waals surface area contributed by atoms with Crippen LogP contribution in [0, 0.1) is 0 Å². The van der Waals surface area contributed by atoms with E-state index < -0.39 is 29.4 Å². The molecule has 0 spiro atoms. The maximum atomic E-state index is 13.7. The number of hydrogen-bond acceptors (Lipinski definition) is 7. The summed E-state index contributed by atoms with van der Waals surface area (Å²) in [5.74, 6) is -1.84. The van der Waals surface area contributed by atoms with Gasteiger partial charge in [0, 0.05) is 93.3 Å². The van der Waals surface area contributed by atoms with Crippen LogP contribution in [0.3, 0.4) is 0 Å². The number of benzene rings is 6. The molecule has 2 atom stereocenters. The van der Waals surface area contributed by atoms with Crippen molar-refractivity contribution in [3.8, 4) is 11.4 Å². The average Bonchev–Trinajstić information content (AvgIpc) is 1.83. The highest BCUT2D eigenvalue weighted by Crippen LogP contribution is 2.39. The summed E-state index contributed by atoms with van der Waals surface area (Å²) in [7, 11) is 3.20. The minimum Gasteiger partial charge on any atom is -0.481 e. The largest absolute Gasteiger partial charge is 0.481 e. The number of nitrogens with zero attached hydrogens (tertiary/aromatic N) is 4. The minimum atomic E-state index is -4.49. The molecule has 0 saturated heterocycles. The number of anilines is 2. The molecular formula is C68H74Cl2F6N6O6. The molecule has 0 aliphatic carbocycles. The zero-order valence-corrected chi connectivity index (χ0v) is 51.4. The molecule has 468 valence electrons. The number of hydrogen-bond donors (Lipinski definition) is 3. The van der Waals surface area contributed by atoms with Crippen molar-refractivity contribution in [1.82, 2.24) is 18.9 Å². The molecule has 0 saturated carbocycles.